The van der Waals surface area contributed by atoms with E-state index in [4.69, 9.17) is 14.2 Å². The van der Waals surface area contributed by atoms with Gasteiger partial charge in [-0.15, -0.1) is 0 Å². The number of hydrogen-bond acceptors (Lipinski definition) is 6. The molecule has 1 atom stereocenters. The molecule has 352 valence electrons. The Labute approximate surface area is 377 Å². The van der Waals surface area contributed by atoms with Crippen molar-refractivity contribution in [2.75, 3.05) is 13.2 Å². The lowest BCUT2D eigenvalue weighted by atomic mass is 10.1. The van der Waals surface area contributed by atoms with Gasteiger partial charge in [0.05, 0.1) is 0 Å². The average Bonchev–Trinajstić information content (AvgIpc) is 3.26. The molecule has 0 N–H and O–H groups in total. The molecule has 0 bridgehead atoms. The van der Waals surface area contributed by atoms with Crippen molar-refractivity contribution in [2.24, 2.45) is 0 Å². The van der Waals surface area contributed by atoms with Gasteiger partial charge in [-0.3, -0.25) is 14.4 Å². The summed E-state index contributed by atoms with van der Waals surface area (Å²) in [6, 6.07) is 0. The Morgan fingerprint density at radius 2 is 0.607 bits per heavy atom. The van der Waals surface area contributed by atoms with Crippen LogP contribution in [0.15, 0.2) is 60.8 Å². The number of rotatable bonds is 46. The van der Waals surface area contributed by atoms with Crippen molar-refractivity contribution in [1.82, 2.24) is 0 Å². The molecule has 0 saturated heterocycles. The van der Waals surface area contributed by atoms with E-state index in [9.17, 15) is 14.4 Å². The fraction of sp³-hybridized carbons (Fsp3) is 0.764. The van der Waals surface area contributed by atoms with Crippen LogP contribution in [0.2, 0.25) is 0 Å². The van der Waals surface area contributed by atoms with Crippen molar-refractivity contribution in [1.29, 1.82) is 0 Å². The molecular formula is C55H96O6. The van der Waals surface area contributed by atoms with Gasteiger partial charge in [0.15, 0.2) is 6.10 Å². The van der Waals surface area contributed by atoms with Gasteiger partial charge in [-0.2, -0.15) is 0 Å². The summed E-state index contributed by atoms with van der Waals surface area (Å²) in [6.07, 6.45) is 60.6. The Bertz CT molecular complexity index is 1120. The van der Waals surface area contributed by atoms with E-state index in [2.05, 4.69) is 81.5 Å². The minimum Gasteiger partial charge on any atom is -0.462 e. The molecule has 0 aromatic rings. The monoisotopic (exact) mass is 853 g/mol. The lowest BCUT2D eigenvalue weighted by Crippen LogP contribution is -2.30. The minimum absolute atomic E-state index is 0.0867. The van der Waals surface area contributed by atoms with Crippen LogP contribution >= 0.6 is 0 Å². The standard InChI is InChI=1S/C55H96O6/c1-4-7-10-13-16-19-22-24-26-27-28-29-31-33-36-39-42-45-48-54(57)60-51-52(50-59-53(56)47-44-41-38-35-32-21-18-15-12-9-6-3)61-55(58)49-46-43-40-37-34-30-25-23-20-17-14-11-8-5-2/h14-15,17-19,22-23,25-27,52H,4-13,16,20-21,24,28-51H2,1-3H3/b17-14-,18-15-,22-19-,25-23-,27-26-. The molecule has 0 saturated carbocycles. The van der Waals surface area contributed by atoms with E-state index in [1.54, 1.807) is 0 Å². The van der Waals surface area contributed by atoms with Gasteiger partial charge in [0, 0.05) is 19.3 Å². The van der Waals surface area contributed by atoms with Crippen LogP contribution in [-0.4, -0.2) is 37.2 Å². The van der Waals surface area contributed by atoms with Crippen molar-refractivity contribution in [3.63, 3.8) is 0 Å². The summed E-state index contributed by atoms with van der Waals surface area (Å²) in [5, 5.41) is 0. The predicted molar refractivity (Wildman–Crippen MR) is 261 cm³/mol. The summed E-state index contributed by atoms with van der Waals surface area (Å²) in [6.45, 7) is 6.52. The molecule has 0 aromatic heterocycles. The van der Waals surface area contributed by atoms with Gasteiger partial charge in [0.25, 0.3) is 0 Å². The van der Waals surface area contributed by atoms with Crippen LogP contribution in [0.1, 0.15) is 252 Å². The molecule has 1 unspecified atom stereocenters. The van der Waals surface area contributed by atoms with E-state index >= 15 is 0 Å². The highest BCUT2D eigenvalue weighted by atomic mass is 16.6. The van der Waals surface area contributed by atoms with Gasteiger partial charge in [-0.1, -0.05) is 197 Å². The minimum atomic E-state index is -0.786. The Morgan fingerprint density at radius 1 is 0.328 bits per heavy atom. The van der Waals surface area contributed by atoms with Crippen LogP contribution < -0.4 is 0 Å². The quantitative estimate of drug-likeness (QED) is 0.0263. The first-order valence-corrected chi connectivity index (χ1v) is 25.8. The summed E-state index contributed by atoms with van der Waals surface area (Å²) < 4.78 is 16.8. The normalized spacial score (nSPS) is 12.5. The number of carbonyl (C=O) groups is 3. The topological polar surface area (TPSA) is 78.9 Å². The van der Waals surface area contributed by atoms with Crippen LogP contribution in [0.4, 0.5) is 0 Å². The van der Waals surface area contributed by atoms with E-state index in [0.29, 0.717) is 19.3 Å². The smallest absolute Gasteiger partial charge is 0.306 e. The highest BCUT2D eigenvalue weighted by Gasteiger charge is 2.19. The number of allylic oxidation sites excluding steroid dienone is 10. The zero-order valence-electron chi connectivity index (χ0n) is 40.2. The summed E-state index contributed by atoms with van der Waals surface area (Å²) in [5.74, 6) is -0.915. The molecule has 0 rings (SSSR count). The lowest BCUT2D eigenvalue weighted by molar-refractivity contribution is -0.167. The number of unbranched alkanes of at least 4 members (excludes halogenated alkanes) is 25. The second-order valence-corrected chi connectivity index (χ2v) is 17.1. The first-order chi connectivity index (χ1) is 30.0. The number of esters is 3. The molecule has 6 nitrogen and oxygen atoms in total. The van der Waals surface area contributed by atoms with Gasteiger partial charge >= 0.3 is 17.9 Å². The van der Waals surface area contributed by atoms with Gasteiger partial charge in [-0.25, -0.2) is 0 Å². The molecule has 0 amide bonds. The molecule has 0 aliphatic rings. The van der Waals surface area contributed by atoms with Crippen molar-refractivity contribution < 1.29 is 28.6 Å². The summed E-state index contributed by atoms with van der Waals surface area (Å²) in [4.78, 5) is 37.9. The second-order valence-electron chi connectivity index (χ2n) is 17.1. The van der Waals surface area contributed by atoms with Crippen LogP contribution in [0, 0.1) is 0 Å². The highest BCUT2D eigenvalue weighted by Crippen LogP contribution is 2.14. The maximum absolute atomic E-state index is 12.8. The Kier molecular flexibility index (Phi) is 47.4. The van der Waals surface area contributed by atoms with Crippen LogP contribution in [0.5, 0.6) is 0 Å². The largest absolute Gasteiger partial charge is 0.462 e. The zero-order chi connectivity index (χ0) is 44.4. The van der Waals surface area contributed by atoms with Gasteiger partial charge < -0.3 is 14.2 Å². The Hall–Kier alpha value is -2.89. The van der Waals surface area contributed by atoms with Crippen molar-refractivity contribution in [2.45, 2.75) is 258 Å². The predicted octanol–water partition coefficient (Wildman–Crippen LogP) is 16.9. The fourth-order valence-corrected chi connectivity index (χ4v) is 7.00. The molecule has 0 aliphatic heterocycles. The first-order valence-electron chi connectivity index (χ1n) is 25.8. The molecule has 0 aliphatic carbocycles. The maximum atomic E-state index is 12.8. The van der Waals surface area contributed by atoms with Crippen molar-refractivity contribution >= 4 is 17.9 Å². The number of hydrogen-bond donors (Lipinski definition) is 0. The van der Waals surface area contributed by atoms with Crippen LogP contribution in [0.25, 0.3) is 0 Å². The fourth-order valence-electron chi connectivity index (χ4n) is 7.00. The van der Waals surface area contributed by atoms with E-state index in [-0.39, 0.29) is 31.1 Å². The van der Waals surface area contributed by atoms with Gasteiger partial charge in [0.2, 0.25) is 0 Å². The third kappa shape index (κ3) is 48.0. The SMILES string of the molecule is CCCC/C=C\C/C=C\CCCCCCCC(=O)OC(COC(=O)CCCCCCC/C=C\CCCC)COC(=O)CCCCCCCCC/C=C\C/C=C\CCCCCC. The summed E-state index contributed by atoms with van der Waals surface area (Å²) >= 11 is 0. The van der Waals surface area contributed by atoms with Gasteiger partial charge in [-0.05, 0) is 96.3 Å². The third-order valence-corrected chi connectivity index (χ3v) is 11.0. The van der Waals surface area contributed by atoms with E-state index in [1.807, 2.05) is 0 Å². The van der Waals surface area contributed by atoms with Gasteiger partial charge in [0.1, 0.15) is 13.2 Å². The van der Waals surface area contributed by atoms with E-state index in [0.717, 1.165) is 103 Å². The van der Waals surface area contributed by atoms with Crippen molar-refractivity contribution in [3.05, 3.63) is 60.8 Å². The molecule has 0 aromatic carbocycles. The highest BCUT2D eigenvalue weighted by molar-refractivity contribution is 5.71. The summed E-state index contributed by atoms with van der Waals surface area (Å²) in [5.41, 5.74) is 0. The molecule has 0 fully saturated rings. The third-order valence-electron chi connectivity index (χ3n) is 11.0. The van der Waals surface area contributed by atoms with E-state index in [1.165, 1.54) is 109 Å². The second kappa shape index (κ2) is 49.8. The molecule has 0 spiro atoms. The maximum Gasteiger partial charge on any atom is 0.306 e. The zero-order valence-corrected chi connectivity index (χ0v) is 40.2. The average molecular weight is 853 g/mol. The molecule has 0 heterocycles. The lowest BCUT2D eigenvalue weighted by Gasteiger charge is -2.18. The van der Waals surface area contributed by atoms with Crippen LogP contribution in [-0.2, 0) is 28.6 Å². The molecular weight excluding hydrogens is 757 g/mol. The molecule has 61 heavy (non-hydrogen) atoms. The number of carbonyl (C=O) groups excluding carboxylic acids is 3. The molecule has 0 radical (unpaired) electrons. The Balaban J connectivity index is 4.38. The number of ether oxygens (including phenoxy) is 3. The summed E-state index contributed by atoms with van der Waals surface area (Å²) in [7, 11) is 0. The van der Waals surface area contributed by atoms with Crippen molar-refractivity contribution in [3.8, 4) is 0 Å². The van der Waals surface area contributed by atoms with Crippen LogP contribution in [0.3, 0.4) is 0 Å². The van der Waals surface area contributed by atoms with E-state index < -0.39 is 6.10 Å². The Morgan fingerprint density at radius 3 is 0.967 bits per heavy atom. The molecule has 6 heteroatoms. The first kappa shape index (κ1) is 58.1.